The minimum atomic E-state index is -0.221. The number of halogens is 1. The fourth-order valence-corrected chi connectivity index (χ4v) is 2.92. The predicted molar refractivity (Wildman–Crippen MR) is 71.8 cm³/mol. The van der Waals surface area contributed by atoms with Crippen molar-refractivity contribution in [2.75, 3.05) is 6.54 Å². The summed E-state index contributed by atoms with van der Waals surface area (Å²) < 4.78 is 13.6. The molecule has 0 unspecified atom stereocenters. The topological polar surface area (TPSA) is 35.8 Å². The average molecular weight is 258 g/mol. The van der Waals surface area contributed by atoms with Crippen molar-refractivity contribution in [3.8, 4) is 6.07 Å². The second kappa shape index (κ2) is 5.30. The molecular formula is C16H19FN2. The molecule has 1 aromatic rings. The molecule has 0 amide bonds. The Balaban J connectivity index is 1.55. The highest BCUT2D eigenvalue weighted by Crippen LogP contribution is 2.48. The summed E-state index contributed by atoms with van der Waals surface area (Å²) in [5.74, 6) is 2.40. The smallest absolute Gasteiger partial charge is 0.127 e. The van der Waals surface area contributed by atoms with Gasteiger partial charge in [0.1, 0.15) is 5.82 Å². The highest BCUT2D eigenvalue weighted by molar-refractivity contribution is 5.33. The zero-order valence-corrected chi connectivity index (χ0v) is 11.0. The van der Waals surface area contributed by atoms with Crippen molar-refractivity contribution in [3.05, 3.63) is 35.1 Å². The highest BCUT2D eigenvalue weighted by Gasteiger charge is 2.40. The number of hydrogen-bond donors (Lipinski definition) is 1. The first-order chi connectivity index (χ1) is 9.28. The third-order valence-corrected chi connectivity index (χ3v) is 4.33. The van der Waals surface area contributed by atoms with E-state index in [0.717, 1.165) is 24.3 Å². The Bertz CT molecular complexity index is 486. The Kier molecular flexibility index (Phi) is 3.52. The first-order valence-corrected chi connectivity index (χ1v) is 7.17. The molecule has 2 fully saturated rings. The Morgan fingerprint density at radius 3 is 2.53 bits per heavy atom. The van der Waals surface area contributed by atoms with Crippen LogP contribution in [-0.2, 0) is 6.54 Å². The SMILES string of the molecule is N#Cc1ccc(F)c(CNCC(C2CC2)C2CC2)c1. The molecule has 2 nitrogen and oxygen atoms in total. The number of hydrogen-bond acceptors (Lipinski definition) is 2. The standard InChI is InChI=1S/C16H19FN2/c17-16-6-1-11(8-18)7-14(16)9-19-10-15(12-2-3-12)13-4-5-13/h1,6-7,12-13,15,19H,2-5,9-10H2. The van der Waals surface area contributed by atoms with Gasteiger partial charge in [-0.05, 0) is 68.2 Å². The van der Waals surface area contributed by atoms with E-state index in [4.69, 9.17) is 5.26 Å². The Morgan fingerprint density at radius 1 is 1.26 bits per heavy atom. The Morgan fingerprint density at radius 2 is 1.95 bits per heavy atom. The third-order valence-electron chi connectivity index (χ3n) is 4.33. The molecule has 1 aromatic carbocycles. The van der Waals surface area contributed by atoms with E-state index in [1.54, 1.807) is 6.07 Å². The molecule has 0 bridgehead atoms. The van der Waals surface area contributed by atoms with Crippen molar-refractivity contribution in [3.63, 3.8) is 0 Å². The van der Waals surface area contributed by atoms with Gasteiger partial charge >= 0.3 is 0 Å². The van der Waals surface area contributed by atoms with E-state index in [-0.39, 0.29) is 5.82 Å². The summed E-state index contributed by atoms with van der Waals surface area (Å²) in [6, 6.07) is 6.61. The number of rotatable bonds is 6. The molecule has 2 aliphatic carbocycles. The van der Waals surface area contributed by atoms with Crippen LogP contribution in [0.1, 0.15) is 36.8 Å². The molecule has 0 atom stereocenters. The molecule has 1 N–H and O–H groups in total. The molecule has 100 valence electrons. The van der Waals surface area contributed by atoms with Gasteiger partial charge < -0.3 is 5.32 Å². The van der Waals surface area contributed by atoms with E-state index in [1.165, 1.54) is 37.8 Å². The molecule has 0 heterocycles. The molecular weight excluding hydrogens is 239 g/mol. The molecule has 2 aliphatic rings. The maximum Gasteiger partial charge on any atom is 0.127 e. The molecule has 19 heavy (non-hydrogen) atoms. The summed E-state index contributed by atoms with van der Waals surface area (Å²) >= 11 is 0. The van der Waals surface area contributed by atoms with Gasteiger partial charge in [0.25, 0.3) is 0 Å². The van der Waals surface area contributed by atoms with E-state index in [1.807, 2.05) is 0 Å². The van der Waals surface area contributed by atoms with Crippen LogP contribution in [0.2, 0.25) is 0 Å². The summed E-state index contributed by atoms with van der Waals surface area (Å²) in [4.78, 5) is 0. The van der Waals surface area contributed by atoms with Gasteiger partial charge in [0.2, 0.25) is 0 Å². The fourth-order valence-electron chi connectivity index (χ4n) is 2.92. The first kappa shape index (κ1) is 12.6. The van der Waals surface area contributed by atoms with Crippen molar-refractivity contribution < 1.29 is 4.39 Å². The van der Waals surface area contributed by atoms with Crippen LogP contribution in [0, 0.1) is 34.9 Å². The fraction of sp³-hybridized carbons (Fsp3) is 0.562. The van der Waals surface area contributed by atoms with Crippen molar-refractivity contribution in [2.24, 2.45) is 17.8 Å². The minimum absolute atomic E-state index is 0.221. The van der Waals surface area contributed by atoms with Crippen molar-refractivity contribution in [2.45, 2.75) is 32.2 Å². The lowest BCUT2D eigenvalue weighted by atomic mass is 9.98. The molecule has 2 saturated carbocycles. The largest absolute Gasteiger partial charge is 0.312 e. The Labute approximate surface area is 113 Å². The van der Waals surface area contributed by atoms with Crippen LogP contribution >= 0.6 is 0 Å². The van der Waals surface area contributed by atoms with Gasteiger partial charge in [-0.1, -0.05) is 0 Å². The molecule has 0 radical (unpaired) electrons. The summed E-state index contributed by atoms with van der Waals surface area (Å²) in [5.41, 5.74) is 1.13. The second-order valence-corrected chi connectivity index (χ2v) is 5.89. The van der Waals surface area contributed by atoms with E-state index >= 15 is 0 Å². The lowest BCUT2D eigenvalue weighted by molar-refractivity contribution is 0.377. The predicted octanol–water partition coefficient (Wildman–Crippen LogP) is 3.22. The van der Waals surface area contributed by atoms with Gasteiger partial charge in [-0.3, -0.25) is 0 Å². The second-order valence-electron chi connectivity index (χ2n) is 5.89. The number of nitriles is 1. The summed E-state index contributed by atoms with van der Waals surface area (Å²) in [6.45, 7) is 1.52. The molecule has 0 aliphatic heterocycles. The number of nitrogens with one attached hydrogen (secondary N) is 1. The molecule has 0 aromatic heterocycles. The first-order valence-electron chi connectivity index (χ1n) is 7.17. The van der Waals surface area contributed by atoms with Crippen molar-refractivity contribution >= 4 is 0 Å². The zero-order valence-electron chi connectivity index (χ0n) is 11.0. The van der Waals surface area contributed by atoms with Crippen LogP contribution in [0.3, 0.4) is 0 Å². The number of nitrogens with zero attached hydrogens (tertiary/aromatic N) is 1. The van der Waals surface area contributed by atoms with Crippen LogP contribution in [-0.4, -0.2) is 6.54 Å². The minimum Gasteiger partial charge on any atom is -0.312 e. The van der Waals surface area contributed by atoms with Crippen LogP contribution in [0.25, 0.3) is 0 Å². The Hall–Kier alpha value is -1.40. The molecule has 3 heteroatoms. The van der Waals surface area contributed by atoms with Gasteiger partial charge in [0.05, 0.1) is 11.6 Å². The van der Waals surface area contributed by atoms with Crippen LogP contribution in [0.15, 0.2) is 18.2 Å². The van der Waals surface area contributed by atoms with E-state index in [9.17, 15) is 4.39 Å². The maximum absolute atomic E-state index is 13.6. The molecule has 3 rings (SSSR count). The average Bonchev–Trinajstić information content (AvgIpc) is 3.28. The normalized spacial score (nSPS) is 18.6. The zero-order chi connectivity index (χ0) is 13.2. The van der Waals surface area contributed by atoms with E-state index in [2.05, 4.69) is 11.4 Å². The molecule has 0 saturated heterocycles. The van der Waals surface area contributed by atoms with Gasteiger partial charge in [0, 0.05) is 12.1 Å². The highest BCUT2D eigenvalue weighted by atomic mass is 19.1. The van der Waals surface area contributed by atoms with Crippen molar-refractivity contribution in [1.82, 2.24) is 5.32 Å². The van der Waals surface area contributed by atoms with Gasteiger partial charge in [0.15, 0.2) is 0 Å². The molecule has 0 spiro atoms. The summed E-state index contributed by atoms with van der Waals surface area (Å²) in [5, 5.41) is 12.2. The van der Waals surface area contributed by atoms with Crippen LogP contribution in [0.4, 0.5) is 4.39 Å². The summed E-state index contributed by atoms with van der Waals surface area (Å²) in [7, 11) is 0. The third kappa shape index (κ3) is 3.13. The number of benzene rings is 1. The van der Waals surface area contributed by atoms with E-state index in [0.29, 0.717) is 17.7 Å². The summed E-state index contributed by atoms with van der Waals surface area (Å²) in [6.07, 6.45) is 5.50. The van der Waals surface area contributed by atoms with Crippen LogP contribution in [0.5, 0.6) is 0 Å². The van der Waals surface area contributed by atoms with Gasteiger partial charge in [-0.2, -0.15) is 5.26 Å². The lowest BCUT2D eigenvalue weighted by Gasteiger charge is -2.16. The van der Waals surface area contributed by atoms with E-state index < -0.39 is 0 Å². The quantitative estimate of drug-likeness (QED) is 0.850. The van der Waals surface area contributed by atoms with Gasteiger partial charge in [-0.25, -0.2) is 4.39 Å². The maximum atomic E-state index is 13.6. The van der Waals surface area contributed by atoms with Crippen LogP contribution < -0.4 is 5.32 Å². The monoisotopic (exact) mass is 258 g/mol. The lowest BCUT2D eigenvalue weighted by Crippen LogP contribution is -2.25. The van der Waals surface area contributed by atoms with Crippen molar-refractivity contribution in [1.29, 1.82) is 5.26 Å². The van der Waals surface area contributed by atoms with Gasteiger partial charge in [-0.15, -0.1) is 0 Å².